The molecule has 1 saturated heterocycles. The van der Waals surface area contributed by atoms with E-state index in [4.69, 9.17) is 4.74 Å². The molecule has 20 heavy (non-hydrogen) atoms. The lowest BCUT2D eigenvalue weighted by atomic mass is 10.2. The minimum atomic E-state index is -0.556. The fourth-order valence-electron chi connectivity index (χ4n) is 1.86. The van der Waals surface area contributed by atoms with Crippen LogP contribution in [0.4, 0.5) is 4.79 Å². The van der Waals surface area contributed by atoms with Crippen molar-refractivity contribution < 1.29 is 19.1 Å². The molecule has 0 aliphatic carbocycles. The third-order valence-corrected chi connectivity index (χ3v) is 2.79. The topological polar surface area (TPSA) is 79.0 Å². The number of likely N-dealkylation sites (N-methyl/N-ethyl adjacent to an activating group) is 1. The highest BCUT2D eigenvalue weighted by atomic mass is 16.6. The number of hydrogen-bond donors (Lipinski definition) is 1. The smallest absolute Gasteiger partial charge is 0.407 e. The second kappa shape index (κ2) is 6.11. The van der Waals surface area contributed by atoms with E-state index in [1.807, 2.05) is 0 Å². The van der Waals surface area contributed by atoms with Crippen molar-refractivity contribution in [1.29, 1.82) is 0 Å². The monoisotopic (exact) mass is 285 g/mol. The minimum absolute atomic E-state index is 0.177. The zero-order valence-electron chi connectivity index (χ0n) is 12.7. The molecule has 0 aromatic heterocycles. The lowest BCUT2D eigenvalue weighted by Crippen LogP contribution is -2.44. The molecule has 1 rings (SSSR count). The van der Waals surface area contributed by atoms with E-state index >= 15 is 0 Å². The van der Waals surface area contributed by atoms with Gasteiger partial charge in [0.05, 0.1) is 6.04 Å². The summed E-state index contributed by atoms with van der Waals surface area (Å²) < 4.78 is 5.15. The highest BCUT2D eigenvalue weighted by Gasteiger charge is 2.32. The highest BCUT2D eigenvalue weighted by Crippen LogP contribution is 2.12. The van der Waals surface area contributed by atoms with Crippen LogP contribution in [0, 0.1) is 0 Å². The van der Waals surface area contributed by atoms with Crippen LogP contribution in [0.3, 0.4) is 0 Å². The average molecular weight is 285 g/mol. The first-order valence-electron chi connectivity index (χ1n) is 6.60. The van der Waals surface area contributed by atoms with Crippen molar-refractivity contribution in [2.45, 2.75) is 38.8 Å². The Hall–Kier alpha value is -1.79. The van der Waals surface area contributed by atoms with E-state index in [1.165, 1.54) is 23.9 Å². The summed E-state index contributed by atoms with van der Waals surface area (Å²) in [7, 11) is 3.07. The molecule has 1 aliphatic heterocycles. The summed E-state index contributed by atoms with van der Waals surface area (Å²) in [6.07, 6.45) is 0.113. The molecular weight excluding hydrogens is 262 g/mol. The standard InChI is InChI=1S/C13H23N3O4/c1-13(2,3)20-12(19)14-9-6-7-16(8-9)11(18)10(17)15(4)5/h9H,6-8H2,1-5H3,(H,14,19)/t9-/m0/s1. The van der Waals surface area contributed by atoms with Gasteiger partial charge < -0.3 is 19.9 Å². The molecule has 0 radical (unpaired) electrons. The van der Waals surface area contributed by atoms with E-state index in [-0.39, 0.29) is 6.04 Å². The van der Waals surface area contributed by atoms with Crippen molar-refractivity contribution in [3.63, 3.8) is 0 Å². The number of rotatable bonds is 1. The van der Waals surface area contributed by atoms with Crippen LogP contribution in [-0.2, 0) is 14.3 Å². The zero-order valence-corrected chi connectivity index (χ0v) is 12.7. The summed E-state index contributed by atoms with van der Waals surface area (Å²) in [5.41, 5.74) is -0.556. The molecule has 1 N–H and O–H groups in total. The van der Waals surface area contributed by atoms with Gasteiger partial charge in [0.15, 0.2) is 0 Å². The molecule has 0 spiro atoms. The normalized spacial score (nSPS) is 18.6. The SMILES string of the molecule is CN(C)C(=O)C(=O)N1CC[C@H](NC(=O)OC(C)(C)C)C1. The van der Waals surface area contributed by atoms with Crippen LogP contribution in [0.25, 0.3) is 0 Å². The quantitative estimate of drug-likeness (QED) is 0.698. The number of carbonyl (C=O) groups excluding carboxylic acids is 3. The Morgan fingerprint density at radius 3 is 2.35 bits per heavy atom. The number of alkyl carbamates (subject to hydrolysis) is 1. The molecule has 1 atom stereocenters. The molecule has 0 aromatic carbocycles. The molecule has 1 heterocycles. The second-order valence-electron chi connectivity index (χ2n) is 6.08. The third-order valence-electron chi connectivity index (χ3n) is 2.79. The summed E-state index contributed by atoms with van der Waals surface area (Å²) in [5, 5.41) is 2.71. The van der Waals surface area contributed by atoms with Gasteiger partial charge in [0, 0.05) is 27.2 Å². The molecular formula is C13H23N3O4. The van der Waals surface area contributed by atoms with Gasteiger partial charge in [0.25, 0.3) is 0 Å². The fourth-order valence-corrected chi connectivity index (χ4v) is 1.86. The number of ether oxygens (including phenoxy) is 1. The number of nitrogens with one attached hydrogen (secondary N) is 1. The van der Waals surface area contributed by atoms with Gasteiger partial charge in [0.2, 0.25) is 0 Å². The summed E-state index contributed by atoms with van der Waals surface area (Å²) in [4.78, 5) is 37.7. The molecule has 0 unspecified atom stereocenters. The van der Waals surface area contributed by atoms with Crippen LogP contribution in [0.15, 0.2) is 0 Å². The maximum Gasteiger partial charge on any atom is 0.407 e. The van der Waals surface area contributed by atoms with Crippen molar-refractivity contribution >= 4 is 17.9 Å². The second-order valence-corrected chi connectivity index (χ2v) is 6.08. The molecule has 7 heteroatoms. The number of amides is 3. The summed E-state index contributed by atoms with van der Waals surface area (Å²) in [5.74, 6) is -1.09. The van der Waals surface area contributed by atoms with Gasteiger partial charge in [-0.2, -0.15) is 0 Å². The molecule has 0 bridgehead atoms. The van der Waals surface area contributed by atoms with Crippen LogP contribution in [0.1, 0.15) is 27.2 Å². The average Bonchev–Trinajstić information content (AvgIpc) is 2.72. The first kappa shape index (κ1) is 16.3. The first-order chi connectivity index (χ1) is 9.10. The zero-order chi connectivity index (χ0) is 15.5. The highest BCUT2D eigenvalue weighted by molar-refractivity contribution is 6.34. The number of likely N-dealkylation sites (tertiary alicyclic amines) is 1. The van der Waals surface area contributed by atoms with Crippen molar-refractivity contribution in [2.24, 2.45) is 0 Å². The van der Waals surface area contributed by atoms with Crippen LogP contribution >= 0.6 is 0 Å². The first-order valence-corrected chi connectivity index (χ1v) is 6.60. The van der Waals surface area contributed by atoms with E-state index in [0.717, 1.165) is 0 Å². The van der Waals surface area contributed by atoms with Crippen LogP contribution in [-0.4, -0.2) is 66.5 Å². The Labute approximate surface area is 119 Å². The van der Waals surface area contributed by atoms with E-state index in [0.29, 0.717) is 19.5 Å². The maximum absolute atomic E-state index is 11.8. The van der Waals surface area contributed by atoms with Gasteiger partial charge in [0.1, 0.15) is 5.60 Å². The van der Waals surface area contributed by atoms with E-state index in [9.17, 15) is 14.4 Å². The van der Waals surface area contributed by atoms with Gasteiger partial charge in [-0.05, 0) is 27.2 Å². The number of carbonyl (C=O) groups is 3. The van der Waals surface area contributed by atoms with Gasteiger partial charge in [-0.1, -0.05) is 0 Å². The predicted octanol–water partition coefficient (Wildman–Crippen LogP) is 0.200. The Balaban J connectivity index is 2.46. The maximum atomic E-state index is 11.8. The predicted molar refractivity (Wildman–Crippen MR) is 73.0 cm³/mol. The Morgan fingerprint density at radius 1 is 1.25 bits per heavy atom. The Morgan fingerprint density at radius 2 is 1.85 bits per heavy atom. The fraction of sp³-hybridized carbons (Fsp3) is 0.769. The molecule has 7 nitrogen and oxygen atoms in total. The number of hydrogen-bond acceptors (Lipinski definition) is 4. The lowest BCUT2D eigenvalue weighted by molar-refractivity contribution is -0.149. The van der Waals surface area contributed by atoms with E-state index < -0.39 is 23.5 Å². The molecule has 1 aliphatic rings. The van der Waals surface area contributed by atoms with E-state index in [2.05, 4.69) is 5.32 Å². The molecule has 0 saturated carbocycles. The molecule has 0 aromatic rings. The van der Waals surface area contributed by atoms with Gasteiger partial charge in [-0.15, -0.1) is 0 Å². The van der Waals surface area contributed by atoms with E-state index in [1.54, 1.807) is 20.8 Å². The summed E-state index contributed by atoms with van der Waals surface area (Å²) in [6.45, 7) is 6.14. The van der Waals surface area contributed by atoms with Crippen molar-refractivity contribution in [2.75, 3.05) is 27.2 Å². The molecule has 1 fully saturated rings. The van der Waals surface area contributed by atoms with Crippen LogP contribution in [0.5, 0.6) is 0 Å². The molecule has 114 valence electrons. The largest absolute Gasteiger partial charge is 0.444 e. The Bertz CT molecular complexity index is 401. The van der Waals surface area contributed by atoms with Crippen molar-refractivity contribution in [3.05, 3.63) is 0 Å². The van der Waals surface area contributed by atoms with Crippen LogP contribution in [0.2, 0.25) is 0 Å². The summed E-state index contributed by atoms with van der Waals surface area (Å²) >= 11 is 0. The van der Waals surface area contributed by atoms with Gasteiger partial charge >= 0.3 is 17.9 Å². The van der Waals surface area contributed by atoms with Gasteiger partial charge in [-0.3, -0.25) is 9.59 Å². The lowest BCUT2D eigenvalue weighted by Gasteiger charge is -2.22. The minimum Gasteiger partial charge on any atom is -0.444 e. The molecule has 3 amide bonds. The Kier molecular flexibility index (Phi) is 4.97. The third kappa shape index (κ3) is 4.71. The summed E-state index contributed by atoms with van der Waals surface area (Å²) in [6, 6.07) is -0.177. The van der Waals surface area contributed by atoms with Crippen molar-refractivity contribution in [1.82, 2.24) is 15.1 Å². The van der Waals surface area contributed by atoms with Crippen molar-refractivity contribution in [3.8, 4) is 0 Å². The van der Waals surface area contributed by atoms with Gasteiger partial charge in [-0.25, -0.2) is 4.79 Å². The number of nitrogens with zero attached hydrogens (tertiary/aromatic N) is 2. The van der Waals surface area contributed by atoms with Crippen LogP contribution < -0.4 is 5.32 Å².